The Balaban J connectivity index is 2.33. The number of thiazole rings is 1. The second kappa shape index (κ2) is 6.91. The molecule has 2 aromatic rings. The van der Waals surface area contributed by atoms with Gasteiger partial charge in [-0.05, 0) is 24.6 Å². The molecule has 1 N–H and O–H groups in total. The molecule has 0 aliphatic heterocycles. The van der Waals surface area contributed by atoms with Gasteiger partial charge in [-0.15, -0.1) is 11.3 Å². The number of ether oxygens (including phenoxy) is 1. The number of hydrogen-bond donors (Lipinski definition) is 1. The maximum Gasteiger partial charge on any atom is 0.347 e. The number of aryl methyl sites for hydroxylation is 1. The number of carboxylic acids is 1. The van der Waals surface area contributed by atoms with Crippen LogP contribution in [0.25, 0.3) is 0 Å². The number of aromatic nitrogens is 1. The van der Waals surface area contributed by atoms with Gasteiger partial charge in [-0.25, -0.2) is 9.78 Å². The van der Waals surface area contributed by atoms with Crippen LogP contribution < -0.4 is 4.74 Å². The summed E-state index contributed by atoms with van der Waals surface area (Å²) in [5.41, 5.74) is 1.56. The van der Waals surface area contributed by atoms with Gasteiger partial charge in [0.05, 0.1) is 17.8 Å². The fourth-order valence-electron chi connectivity index (χ4n) is 2.10. The minimum atomic E-state index is -0.916. The lowest BCUT2D eigenvalue weighted by molar-refractivity contribution is 0.0700. The van der Waals surface area contributed by atoms with Crippen LogP contribution in [0.3, 0.4) is 0 Å². The largest absolute Gasteiger partial charge is 0.496 e. The molecule has 1 heterocycles. The van der Waals surface area contributed by atoms with Gasteiger partial charge in [-0.1, -0.05) is 24.9 Å². The zero-order chi connectivity index (χ0) is 15.4. The van der Waals surface area contributed by atoms with Crippen LogP contribution in [0.2, 0.25) is 5.02 Å². The lowest BCUT2D eigenvalue weighted by Gasteiger charge is -2.07. The Kier molecular flexibility index (Phi) is 5.20. The number of methoxy groups -OCH3 is 1. The molecular weight excluding hydrogens is 310 g/mol. The maximum absolute atomic E-state index is 11.3. The van der Waals surface area contributed by atoms with E-state index >= 15 is 0 Å². The highest BCUT2D eigenvalue weighted by Gasteiger charge is 2.17. The molecule has 0 aliphatic rings. The first-order valence-corrected chi connectivity index (χ1v) is 7.78. The first kappa shape index (κ1) is 15.8. The van der Waals surface area contributed by atoms with Crippen molar-refractivity contribution in [1.82, 2.24) is 4.98 Å². The molecule has 2 rings (SSSR count). The van der Waals surface area contributed by atoms with Crippen molar-refractivity contribution in [3.05, 3.63) is 44.4 Å². The first-order valence-electron chi connectivity index (χ1n) is 6.59. The SMILES string of the molecule is CCCc1nc(Cc2cc(Cl)ccc2OC)sc1C(=O)O. The zero-order valence-electron chi connectivity index (χ0n) is 11.9. The Morgan fingerprint density at radius 1 is 1.48 bits per heavy atom. The highest BCUT2D eigenvalue weighted by molar-refractivity contribution is 7.13. The summed E-state index contributed by atoms with van der Waals surface area (Å²) >= 11 is 7.23. The third-order valence-electron chi connectivity index (χ3n) is 3.01. The number of carboxylic acid groups (broad SMARTS) is 1. The summed E-state index contributed by atoms with van der Waals surface area (Å²) in [6.45, 7) is 2.00. The van der Waals surface area contributed by atoms with Gasteiger partial charge in [0.1, 0.15) is 10.6 Å². The highest BCUT2D eigenvalue weighted by atomic mass is 35.5. The van der Waals surface area contributed by atoms with Gasteiger partial charge >= 0.3 is 5.97 Å². The number of nitrogens with zero attached hydrogens (tertiary/aromatic N) is 1. The second-order valence-electron chi connectivity index (χ2n) is 4.57. The highest BCUT2D eigenvalue weighted by Crippen LogP contribution is 2.28. The Bertz CT molecular complexity index is 654. The molecule has 0 fully saturated rings. The average Bonchev–Trinajstić information content (AvgIpc) is 2.82. The molecule has 0 spiro atoms. The molecule has 0 atom stereocenters. The quantitative estimate of drug-likeness (QED) is 0.870. The molecule has 0 saturated heterocycles. The van der Waals surface area contributed by atoms with Gasteiger partial charge in [-0.3, -0.25) is 0 Å². The van der Waals surface area contributed by atoms with Crippen LogP contribution in [-0.4, -0.2) is 23.2 Å². The predicted octanol–water partition coefficient (Wildman–Crippen LogP) is 4.05. The number of carbonyl (C=O) groups is 1. The zero-order valence-corrected chi connectivity index (χ0v) is 13.4. The number of halogens is 1. The van der Waals surface area contributed by atoms with Crippen LogP contribution in [-0.2, 0) is 12.8 Å². The lowest BCUT2D eigenvalue weighted by Crippen LogP contribution is -1.98. The minimum Gasteiger partial charge on any atom is -0.496 e. The molecule has 0 radical (unpaired) electrons. The number of benzene rings is 1. The van der Waals surface area contributed by atoms with Crippen molar-refractivity contribution in [3.63, 3.8) is 0 Å². The fraction of sp³-hybridized carbons (Fsp3) is 0.333. The van der Waals surface area contributed by atoms with Crippen molar-refractivity contribution in [2.24, 2.45) is 0 Å². The summed E-state index contributed by atoms with van der Waals surface area (Å²) in [5, 5.41) is 10.6. The van der Waals surface area contributed by atoms with Crippen LogP contribution in [0.15, 0.2) is 18.2 Å². The van der Waals surface area contributed by atoms with Gasteiger partial charge in [0.25, 0.3) is 0 Å². The van der Waals surface area contributed by atoms with Gasteiger partial charge < -0.3 is 9.84 Å². The van der Waals surface area contributed by atoms with E-state index in [2.05, 4.69) is 4.98 Å². The van der Waals surface area contributed by atoms with Gasteiger partial charge in [-0.2, -0.15) is 0 Å². The van der Waals surface area contributed by atoms with Crippen LogP contribution in [0, 0.1) is 0 Å². The van der Waals surface area contributed by atoms with E-state index in [1.807, 2.05) is 13.0 Å². The first-order chi connectivity index (χ1) is 10.0. The molecule has 0 saturated carbocycles. The summed E-state index contributed by atoms with van der Waals surface area (Å²) < 4.78 is 5.31. The molecule has 6 heteroatoms. The van der Waals surface area contributed by atoms with Crippen molar-refractivity contribution in [3.8, 4) is 5.75 Å². The second-order valence-corrected chi connectivity index (χ2v) is 6.09. The van der Waals surface area contributed by atoms with E-state index in [1.54, 1.807) is 19.2 Å². The summed E-state index contributed by atoms with van der Waals surface area (Å²) in [6.07, 6.45) is 2.05. The van der Waals surface area contributed by atoms with E-state index < -0.39 is 5.97 Å². The molecule has 112 valence electrons. The standard InChI is InChI=1S/C15H16ClNO3S/c1-3-4-11-14(15(18)19)21-13(17-11)8-9-7-10(16)5-6-12(9)20-2/h5-7H,3-4,8H2,1-2H3,(H,18,19). The molecule has 1 aromatic carbocycles. The topological polar surface area (TPSA) is 59.4 Å². The number of rotatable bonds is 6. The molecule has 4 nitrogen and oxygen atoms in total. The lowest BCUT2D eigenvalue weighted by atomic mass is 10.1. The molecule has 0 amide bonds. The molecule has 21 heavy (non-hydrogen) atoms. The van der Waals surface area contributed by atoms with Crippen LogP contribution in [0.1, 0.15) is 39.3 Å². The van der Waals surface area contributed by atoms with Gasteiger partial charge in [0.2, 0.25) is 0 Å². The summed E-state index contributed by atoms with van der Waals surface area (Å²) in [7, 11) is 1.60. The molecule has 0 aliphatic carbocycles. The van der Waals surface area contributed by atoms with E-state index in [9.17, 15) is 9.90 Å². The molecule has 1 aromatic heterocycles. The Labute approximate surface area is 132 Å². The predicted molar refractivity (Wildman–Crippen MR) is 83.9 cm³/mol. The Morgan fingerprint density at radius 3 is 2.86 bits per heavy atom. The normalized spacial score (nSPS) is 10.6. The molecular formula is C15H16ClNO3S. The number of aromatic carboxylic acids is 1. The minimum absolute atomic E-state index is 0.327. The fourth-order valence-corrected chi connectivity index (χ4v) is 3.26. The van der Waals surface area contributed by atoms with Crippen LogP contribution in [0.5, 0.6) is 5.75 Å². The van der Waals surface area contributed by atoms with Crippen molar-refractivity contribution in [2.75, 3.05) is 7.11 Å². The van der Waals surface area contributed by atoms with Gasteiger partial charge in [0.15, 0.2) is 0 Å². The van der Waals surface area contributed by atoms with E-state index in [1.165, 1.54) is 11.3 Å². The summed E-state index contributed by atoms with van der Waals surface area (Å²) in [6, 6.07) is 5.38. The summed E-state index contributed by atoms with van der Waals surface area (Å²) in [5.74, 6) is -0.191. The molecule has 0 bridgehead atoms. The van der Waals surface area contributed by atoms with E-state index in [-0.39, 0.29) is 0 Å². The third kappa shape index (κ3) is 3.74. The maximum atomic E-state index is 11.3. The number of hydrogen-bond acceptors (Lipinski definition) is 4. The Hall–Kier alpha value is -1.59. The van der Waals surface area contributed by atoms with E-state index in [0.717, 1.165) is 22.7 Å². The van der Waals surface area contributed by atoms with Crippen molar-refractivity contribution >= 4 is 28.9 Å². The van der Waals surface area contributed by atoms with Crippen molar-refractivity contribution in [2.45, 2.75) is 26.2 Å². The van der Waals surface area contributed by atoms with Crippen LogP contribution in [0.4, 0.5) is 0 Å². The van der Waals surface area contributed by atoms with E-state index in [0.29, 0.717) is 28.4 Å². The third-order valence-corrected chi connectivity index (χ3v) is 4.33. The van der Waals surface area contributed by atoms with Crippen molar-refractivity contribution < 1.29 is 14.6 Å². The monoisotopic (exact) mass is 325 g/mol. The smallest absolute Gasteiger partial charge is 0.347 e. The Morgan fingerprint density at radius 2 is 2.24 bits per heavy atom. The molecule has 0 unspecified atom stereocenters. The average molecular weight is 326 g/mol. The van der Waals surface area contributed by atoms with E-state index in [4.69, 9.17) is 16.3 Å². The summed E-state index contributed by atoms with van der Waals surface area (Å²) in [4.78, 5) is 16.1. The van der Waals surface area contributed by atoms with Crippen molar-refractivity contribution in [1.29, 1.82) is 0 Å². The van der Waals surface area contributed by atoms with Crippen LogP contribution >= 0.6 is 22.9 Å². The van der Waals surface area contributed by atoms with Gasteiger partial charge in [0, 0.05) is 17.0 Å².